The number of hydrogen-bond donors (Lipinski definition) is 0. The normalized spacial score (nSPS) is 30.2. The summed E-state index contributed by atoms with van der Waals surface area (Å²) in [5.41, 5.74) is 0.0411. The van der Waals surface area contributed by atoms with Crippen LogP contribution in [0.5, 0.6) is 0 Å². The molecule has 2 aliphatic rings. The first-order valence-electron chi connectivity index (χ1n) is 13.6. The molecule has 0 aromatic rings. The van der Waals surface area contributed by atoms with E-state index in [0.29, 0.717) is 0 Å². The van der Waals surface area contributed by atoms with Gasteiger partial charge in [0.1, 0.15) is 0 Å². The summed E-state index contributed by atoms with van der Waals surface area (Å²) in [6.07, 6.45) is 29.1. The van der Waals surface area contributed by atoms with Gasteiger partial charge in [0.25, 0.3) is 0 Å². The molecule has 2 fully saturated rings. The third-order valence-electron chi connectivity index (χ3n) is 8.51. The zero-order chi connectivity index (χ0) is 20.8. The second-order valence-electron chi connectivity index (χ2n) is 10.7. The van der Waals surface area contributed by atoms with E-state index in [0.717, 1.165) is 24.2 Å². The Morgan fingerprint density at radius 1 is 0.655 bits per heavy atom. The number of nitrogens with zero attached hydrogens (tertiary/aromatic N) is 1. The van der Waals surface area contributed by atoms with Gasteiger partial charge in [-0.25, -0.2) is 0 Å². The standard InChI is InChI=1S/C28H51N/c1-3-5-7-8-9-10-11-12-14-25-15-17-26(18-16-25)27-19-22-28(24-29,23-20-27)21-13-6-4-2/h25-27H,3-23H2,1-2H3. The maximum Gasteiger partial charge on any atom is 0.0689 e. The summed E-state index contributed by atoms with van der Waals surface area (Å²) in [4.78, 5) is 0. The van der Waals surface area contributed by atoms with Crippen molar-refractivity contribution >= 4 is 0 Å². The van der Waals surface area contributed by atoms with E-state index in [1.165, 1.54) is 128 Å². The number of unbranched alkanes of at least 4 members (excludes halogenated alkanes) is 9. The summed E-state index contributed by atoms with van der Waals surface area (Å²) in [5, 5.41) is 9.80. The molecule has 0 spiro atoms. The molecule has 168 valence electrons. The first kappa shape index (κ1) is 24.8. The lowest BCUT2D eigenvalue weighted by Crippen LogP contribution is -2.31. The molecular formula is C28H51N. The molecule has 0 radical (unpaired) electrons. The van der Waals surface area contributed by atoms with Gasteiger partial charge in [0, 0.05) is 0 Å². The van der Waals surface area contributed by atoms with Crippen molar-refractivity contribution in [3.05, 3.63) is 0 Å². The van der Waals surface area contributed by atoms with Gasteiger partial charge >= 0.3 is 0 Å². The van der Waals surface area contributed by atoms with E-state index >= 15 is 0 Å². The maximum absolute atomic E-state index is 9.80. The molecule has 0 aliphatic heterocycles. The highest BCUT2D eigenvalue weighted by Crippen LogP contribution is 2.47. The van der Waals surface area contributed by atoms with Crippen molar-refractivity contribution in [3.63, 3.8) is 0 Å². The van der Waals surface area contributed by atoms with Crippen molar-refractivity contribution in [1.29, 1.82) is 5.26 Å². The van der Waals surface area contributed by atoms with Crippen LogP contribution >= 0.6 is 0 Å². The summed E-state index contributed by atoms with van der Waals surface area (Å²) in [6.45, 7) is 4.57. The van der Waals surface area contributed by atoms with Crippen LogP contribution in [0.15, 0.2) is 0 Å². The highest BCUT2D eigenvalue weighted by molar-refractivity contribution is 5.02. The van der Waals surface area contributed by atoms with E-state index in [9.17, 15) is 5.26 Å². The molecule has 1 heteroatoms. The van der Waals surface area contributed by atoms with Crippen LogP contribution in [0, 0.1) is 34.5 Å². The first-order valence-corrected chi connectivity index (χ1v) is 13.6. The zero-order valence-corrected chi connectivity index (χ0v) is 20.0. The molecule has 0 amide bonds. The van der Waals surface area contributed by atoms with E-state index in [1.807, 2.05) is 0 Å². The second-order valence-corrected chi connectivity index (χ2v) is 10.7. The van der Waals surface area contributed by atoms with E-state index in [4.69, 9.17) is 0 Å². The zero-order valence-electron chi connectivity index (χ0n) is 20.0. The average Bonchev–Trinajstić information content (AvgIpc) is 2.77. The van der Waals surface area contributed by atoms with Gasteiger partial charge in [-0.15, -0.1) is 0 Å². The lowest BCUT2D eigenvalue weighted by molar-refractivity contribution is 0.114. The molecule has 0 aromatic carbocycles. The highest BCUT2D eigenvalue weighted by atomic mass is 14.4. The Morgan fingerprint density at radius 3 is 1.76 bits per heavy atom. The van der Waals surface area contributed by atoms with Crippen LogP contribution in [-0.4, -0.2) is 0 Å². The molecule has 2 saturated carbocycles. The minimum Gasteiger partial charge on any atom is -0.198 e. The van der Waals surface area contributed by atoms with E-state index in [-0.39, 0.29) is 5.41 Å². The third-order valence-corrected chi connectivity index (χ3v) is 8.51. The van der Waals surface area contributed by atoms with Gasteiger partial charge in [-0.1, -0.05) is 104 Å². The first-order chi connectivity index (χ1) is 14.2. The summed E-state index contributed by atoms with van der Waals surface area (Å²) in [6, 6.07) is 2.75. The number of hydrogen-bond acceptors (Lipinski definition) is 1. The molecule has 0 saturated heterocycles. The Balaban J connectivity index is 1.55. The predicted octanol–water partition coefficient (Wildman–Crippen LogP) is 9.60. The Hall–Kier alpha value is -0.510. The van der Waals surface area contributed by atoms with Crippen LogP contribution in [-0.2, 0) is 0 Å². The van der Waals surface area contributed by atoms with Crippen LogP contribution in [0.2, 0.25) is 0 Å². The highest BCUT2D eigenvalue weighted by Gasteiger charge is 2.38. The fraction of sp³-hybridized carbons (Fsp3) is 0.964. The Morgan fingerprint density at radius 2 is 1.17 bits per heavy atom. The molecule has 29 heavy (non-hydrogen) atoms. The van der Waals surface area contributed by atoms with Crippen LogP contribution < -0.4 is 0 Å². The summed E-state index contributed by atoms with van der Waals surface area (Å²) < 4.78 is 0. The topological polar surface area (TPSA) is 23.8 Å². The van der Waals surface area contributed by atoms with Crippen molar-refractivity contribution in [3.8, 4) is 6.07 Å². The predicted molar refractivity (Wildman–Crippen MR) is 127 cm³/mol. The Bertz CT molecular complexity index is 432. The second kappa shape index (κ2) is 14.5. The Kier molecular flexibility index (Phi) is 12.4. The van der Waals surface area contributed by atoms with Crippen LogP contribution in [0.1, 0.15) is 149 Å². The summed E-state index contributed by atoms with van der Waals surface area (Å²) >= 11 is 0. The fourth-order valence-electron chi connectivity index (χ4n) is 6.31. The van der Waals surface area contributed by atoms with Gasteiger partial charge in [0.2, 0.25) is 0 Å². The van der Waals surface area contributed by atoms with Crippen molar-refractivity contribution in [1.82, 2.24) is 0 Å². The molecular weight excluding hydrogens is 350 g/mol. The molecule has 0 bridgehead atoms. The van der Waals surface area contributed by atoms with Gasteiger partial charge in [-0.05, 0) is 62.7 Å². The molecule has 0 heterocycles. The molecule has 2 aliphatic carbocycles. The van der Waals surface area contributed by atoms with E-state index in [1.54, 1.807) is 0 Å². The Labute approximate surface area is 183 Å². The minimum atomic E-state index is 0.0411. The van der Waals surface area contributed by atoms with Gasteiger partial charge in [0.05, 0.1) is 11.5 Å². The molecule has 0 aromatic heterocycles. The molecule has 0 atom stereocenters. The van der Waals surface area contributed by atoms with Gasteiger partial charge in [-0.3, -0.25) is 0 Å². The van der Waals surface area contributed by atoms with Crippen LogP contribution in [0.25, 0.3) is 0 Å². The smallest absolute Gasteiger partial charge is 0.0689 e. The van der Waals surface area contributed by atoms with Crippen LogP contribution in [0.4, 0.5) is 0 Å². The monoisotopic (exact) mass is 401 g/mol. The largest absolute Gasteiger partial charge is 0.198 e. The molecule has 2 rings (SSSR count). The fourth-order valence-corrected chi connectivity index (χ4v) is 6.31. The molecule has 0 N–H and O–H groups in total. The summed E-state index contributed by atoms with van der Waals surface area (Å²) in [5.74, 6) is 2.95. The van der Waals surface area contributed by atoms with Gasteiger partial charge < -0.3 is 0 Å². The third kappa shape index (κ3) is 9.02. The number of rotatable bonds is 14. The van der Waals surface area contributed by atoms with Crippen molar-refractivity contribution in [2.45, 2.75) is 149 Å². The molecule has 1 nitrogen and oxygen atoms in total. The van der Waals surface area contributed by atoms with Gasteiger partial charge in [0.15, 0.2) is 0 Å². The van der Waals surface area contributed by atoms with E-state index in [2.05, 4.69) is 19.9 Å². The molecule has 0 unspecified atom stereocenters. The average molecular weight is 402 g/mol. The van der Waals surface area contributed by atoms with Crippen molar-refractivity contribution < 1.29 is 0 Å². The summed E-state index contributed by atoms with van der Waals surface area (Å²) in [7, 11) is 0. The van der Waals surface area contributed by atoms with Crippen molar-refractivity contribution in [2.75, 3.05) is 0 Å². The number of nitriles is 1. The maximum atomic E-state index is 9.80. The quantitative estimate of drug-likeness (QED) is 0.266. The lowest BCUT2D eigenvalue weighted by atomic mass is 9.63. The minimum absolute atomic E-state index is 0.0411. The van der Waals surface area contributed by atoms with Crippen molar-refractivity contribution in [2.24, 2.45) is 23.2 Å². The van der Waals surface area contributed by atoms with Gasteiger partial charge in [-0.2, -0.15) is 5.26 Å². The lowest BCUT2D eigenvalue weighted by Gasteiger charge is -2.41. The van der Waals surface area contributed by atoms with Crippen LogP contribution in [0.3, 0.4) is 0 Å². The van der Waals surface area contributed by atoms with E-state index < -0.39 is 0 Å². The SMILES string of the molecule is CCCCCCCCCCC1CCC(C2CCC(C#N)(CCCCC)CC2)CC1.